The summed E-state index contributed by atoms with van der Waals surface area (Å²) in [6.07, 6.45) is -7.86. The zero-order valence-corrected chi connectivity index (χ0v) is 35.1. The first-order chi connectivity index (χ1) is 31.8. The van der Waals surface area contributed by atoms with E-state index in [1.54, 1.807) is 22.9 Å². The largest absolute Gasteiger partial charge is 0.416 e. The number of aromatic nitrogens is 6. The molecule has 0 atom stereocenters. The van der Waals surface area contributed by atoms with Gasteiger partial charge in [-0.3, -0.25) is 4.98 Å². The summed E-state index contributed by atoms with van der Waals surface area (Å²) in [5, 5.41) is 2.08. The molecule has 0 fully saturated rings. The first-order valence-corrected chi connectivity index (χ1v) is 21.0. The van der Waals surface area contributed by atoms with Gasteiger partial charge in [0.1, 0.15) is 0 Å². The van der Waals surface area contributed by atoms with Gasteiger partial charge in [-0.1, -0.05) is 83.9 Å². The van der Waals surface area contributed by atoms with Gasteiger partial charge in [0.05, 0.1) is 50.3 Å². The Labute approximate surface area is 373 Å². The normalized spacial score (nSPS) is 12.2. The molecule has 66 heavy (non-hydrogen) atoms. The third-order valence-electron chi connectivity index (χ3n) is 12.0. The molecular formula is C54H34F6N6. The molecule has 0 aliphatic carbocycles. The Hall–Kier alpha value is -8.12. The molecule has 0 aliphatic rings. The molecule has 0 amide bonds. The van der Waals surface area contributed by atoms with Crippen molar-refractivity contribution in [1.29, 1.82) is 0 Å². The fourth-order valence-corrected chi connectivity index (χ4v) is 8.93. The highest BCUT2D eigenvalue weighted by molar-refractivity contribution is 6.12. The molecule has 0 bridgehead atoms. The van der Waals surface area contributed by atoms with Crippen molar-refractivity contribution in [3.05, 3.63) is 192 Å². The van der Waals surface area contributed by atoms with Crippen LogP contribution in [-0.2, 0) is 12.4 Å². The first kappa shape index (κ1) is 40.6. The summed E-state index contributed by atoms with van der Waals surface area (Å²) >= 11 is 0. The molecule has 0 saturated carbocycles. The average molecular weight is 881 g/mol. The third kappa shape index (κ3) is 6.93. The van der Waals surface area contributed by atoms with Gasteiger partial charge in [0.15, 0.2) is 17.5 Å². The standard InChI is InChI=1S/C54H34F6N6/c1-31-15-20-43-38(26-31)39-27-32(2)16-21-44(39)65(43)47-22-17-35(52-63-50(33-10-5-3-6-11-33)62-51(64-52)34-12-7-4-8-13-34)28-42(47)49-48(14-9-25-61-49)66-45-23-18-36(53(55,56)57)29-40(45)41-30-37(54(58,59)60)19-24-46(41)66/h3-30H,1-2H3. The molecule has 0 saturated heterocycles. The summed E-state index contributed by atoms with van der Waals surface area (Å²) in [4.78, 5) is 19.9. The molecule has 11 rings (SSSR count). The minimum Gasteiger partial charge on any atom is -0.309 e. The molecule has 0 unspecified atom stereocenters. The second-order valence-electron chi connectivity index (χ2n) is 16.3. The maximum absolute atomic E-state index is 14.3. The van der Waals surface area contributed by atoms with Crippen LogP contribution in [0.4, 0.5) is 26.3 Å². The summed E-state index contributed by atoms with van der Waals surface area (Å²) < 4.78 is 89.4. The summed E-state index contributed by atoms with van der Waals surface area (Å²) in [7, 11) is 0. The molecule has 4 aromatic heterocycles. The number of hydrogen-bond acceptors (Lipinski definition) is 4. The smallest absolute Gasteiger partial charge is 0.309 e. The van der Waals surface area contributed by atoms with Gasteiger partial charge in [0, 0.05) is 50.0 Å². The lowest BCUT2D eigenvalue weighted by molar-refractivity contribution is -0.138. The highest BCUT2D eigenvalue weighted by atomic mass is 19.4. The van der Waals surface area contributed by atoms with E-state index >= 15 is 0 Å². The fourth-order valence-electron chi connectivity index (χ4n) is 8.93. The van der Waals surface area contributed by atoms with E-state index in [0.717, 1.165) is 68.3 Å². The van der Waals surface area contributed by atoms with Crippen LogP contribution in [0.15, 0.2) is 170 Å². The summed E-state index contributed by atoms with van der Waals surface area (Å²) in [6.45, 7) is 4.09. The van der Waals surface area contributed by atoms with Crippen LogP contribution < -0.4 is 0 Å². The van der Waals surface area contributed by atoms with E-state index in [4.69, 9.17) is 19.9 Å². The molecule has 7 aromatic carbocycles. The maximum atomic E-state index is 14.3. The summed E-state index contributed by atoms with van der Waals surface area (Å²) in [5.41, 5.74) is 6.90. The van der Waals surface area contributed by atoms with Crippen LogP contribution in [0.3, 0.4) is 0 Å². The molecule has 0 spiro atoms. The summed E-state index contributed by atoms with van der Waals surface area (Å²) in [6, 6.07) is 47.4. The first-order valence-electron chi connectivity index (χ1n) is 21.0. The third-order valence-corrected chi connectivity index (χ3v) is 12.0. The predicted molar refractivity (Wildman–Crippen MR) is 248 cm³/mol. The number of alkyl halides is 6. The zero-order valence-electron chi connectivity index (χ0n) is 35.1. The summed E-state index contributed by atoms with van der Waals surface area (Å²) in [5.74, 6) is 1.29. The second kappa shape index (κ2) is 15.3. The van der Waals surface area contributed by atoms with Gasteiger partial charge in [-0.15, -0.1) is 0 Å². The number of benzene rings is 7. The van der Waals surface area contributed by atoms with Crippen LogP contribution >= 0.6 is 0 Å². The van der Waals surface area contributed by atoms with Gasteiger partial charge in [-0.05, 0) is 105 Å². The minimum atomic E-state index is -4.74. The van der Waals surface area contributed by atoms with Crippen molar-refractivity contribution in [3.63, 3.8) is 0 Å². The van der Waals surface area contributed by atoms with E-state index in [-0.39, 0.29) is 21.8 Å². The Balaban J connectivity index is 1.23. The maximum Gasteiger partial charge on any atom is 0.416 e. The predicted octanol–water partition coefficient (Wildman–Crippen LogP) is 14.8. The van der Waals surface area contributed by atoms with Crippen LogP contribution in [0.5, 0.6) is 0 Å². The number of aryl methyl sites for hydroxylation is 2. The quantitative estimate of drug-likeness (QED) is 0.156. The van der Waals surface area contributed by atoms with Crippen molar-refractivity contribution in [3.8, 4) is 56.8 Å². The molecule has 0 N–H and O–H groups in total. The Morgan fingerprint density at radius 1 is 0.394 bits per heavy atom. The van der Waals surface area contributed by atoms with Crippen molar-refractivity contribution in [2.75, 3.05) is 0 Å². The van der Waals surface area contributed by atoms with Crippen LogP contribution in [0.2, 0.25) is 0 Å². The Morgan fingerprint density at radius 2 is 0.833 bits per heavy atom. The second-order valence-corrected chi connectivity index (χ2v) is 16.3. The highest BCUT2D eigenvalue weighted by Crippen LogP contribution is 2.44. The van der Waals surface area contributed by atoms with Crippen LogP contribution in [0.1, 0.15) is 22.3 Å². The van der Waals surface area contributed by atoms with Gasteiger partial charge < -0.3 is 9.13 Å². The molecule has 11 aromatic rings. The van der Waals surface area contributed by atoms with E-state index in [9.17, 15) is 26.3 Å². The van der Waals surface area contributed by atoms with Crippen molar-refractivity contribution in [2.24, 2.45) is 0 Å². The van der Waals surface area contributed by atoms with Crippen LogP contribution in [-0.4, -0.2) is 29.1 Å². The molecule has 322 valence electrons. The van der Waals surface area contributed by atoms with Gasteiger partial charge >= 0.3 is 12.4 Å². The van der Waals surface area contributed by atoms with Gasteiger partial charge in [-0.2, -0.15) is 26.3 Å². The van der Waals surface area contributed by atoms with E-state index in [1.165, 1.54) is 12.1 Å². The van der Waals surface area contributed by atoms with Gasteiger partial charge in [-0.25, -0.2) is 15.0 Å². The van der Waals surface area contributed by atoms with E-state index < -0.39 is 23.5 Å². The van der Waals surface area contributed by atoms with Crippen molar-refractivity contribution in [2.45, 2.75) is 26.2 Å². The van der Waals surface area contributed by atoms with Crippen molar-refractivity contribution >= 4 is 43.6 Å². The fraction of sp³-hybridized carbons (Fsp3) is 0.0741. The highest BCUT2D eigenvalue weighted by Gasteiger charge is 2.34. The molecule has 6 nitrogen and oxygen atoms in total. The van der Waals surface area contributed by atoms with Crippen LogP contribution in [0, 0.1) is 13.8 Å². The lowest BCUT2D eigenvalue weighted by atomic mass is 10.0. The number of pyridine rings is 1. The van der Waals surface area contributed by atoms with Crippen molar-refractivity contribution < 1.29 is 26.3 Å². The number of fused-ring (bicyclic) bond motifs is 6. The monoisotopic (exact) mass is 880 g/mol. The topological polar surface area (TPSA) is 61.4 Å². The minimum absolute atomic E-state index is 0.00917. The number of hydrogen-bond donors (Lipinski definition) is 0. The van der Waals surface area contributed by atoms with Crippen molar-refractivity contribution in [1.82, 2.24) is 29.1 Å². The molecular weight excluding hydrogens is 847 g/mol. The number of rotatable bonds is 6. The Bertz CT molecular complexity index is 3520. The van der Waals surface area contributed by atoms with Crippen LogP contribution in [0.25, 0.3) is 100 Å². The zero-order chi connectivity index (χ0) is 45.5. The number of halogens is 6. The Morgan fingerprint density at radius 3 is 1.32 bits per heavy atom. The SMILES string of the molecule is Cc1ccc2c(c1)c1cc(C)ccc1n2-c1ccc(-c2nc(-c3ccccc3)nc(-c3ccccc3)n2)cc1-c1ncccc1-n1c2ccc(C(F)(F)F)cc2c2cc(C(F)(F)F)ccc21. The van der Waals surface area contributed by atoms with E-state index in [0.29, 0.717) is 45.7 Å². The lowest BCUT2D eigenvalue weighted by Gasteiger charge is -2.19. The molecule has 4 heterocycles. The molecule has 0 radical (unpaired) electrons. The molecule has 12 heteroatoms. The lowest BCUT2D eigenvalue weighted by Crippen LogP contribution is -2.06. The Kier molecular flexibility index (Phi) is 9.40. The van der Waals surface area contributed by atoms with E-state index in [2.05, 4.69) is 28.8 Å². The average Bonchev–Trinajstić information content (AvgIpc) is 3.82. The molecule has 0 aliphatic heterocycles. The van der Waals surface area contributed by atoms with E-state index in [1.807, 2.05) is 105 Å². The van der Waals surface area contributed by atoms with Gasteiger partial charge in [0.25, 0.3) is 0 Å². The number of nitrogens with zero attached hydrogens (tertiary/aromatic N) is 6. The van der Waals surface area contributed by atoms with Gasteiger partial charge in [0.2, 0.25) is 0 Å².